The number of benzene rings is 2. The van der Waals surface area contributed by atoms with Gasteiger partial charge in [-0.25, -0.2) is 0 Å². The zero-order valence-electron chi connectivity index (χ0n) is 18.2. The van der Waals surface area contributed by atoms with Gasteiger partial charge in [-0.3, -0.25) is 9.59 Å². The molecule has 1 unspecified atom stereocenters. The third kappa shape index (κ3) is 4.69. The molecule has 0 aromatic heterocycles. The molecule has 1 atom stereocenters. The van der Waals surface area contributed by atoms with Gasteiger partial charge in [0.15, 0.2) is 0 Å². The number of nitrogens with one attached hydrogen (secondary N) is 1. The standard InChI is InChI=1S/C25H32N2O2/c1-16(2)21-7-6-8-22(17(3)4)24(21)27-15-20(13-23(27)28)25(29)26-14-19-11-9-18(5)10-12-19/h6-12,16-17,20H,13-15H2,1-5H3,(H,26,29). The zero-order chi connectivity index (χ0) is 21.1. The van der Waals surface area contributed by atoms with Crippen molar-refractivity contribution >= 4 is 17.5 Å². The fourth-order valence-electron chi connectivity index (χ4n) is 3.96. The third-order valence-corrected chi connectivity index (χ3v) is 5.70. The van der Waals surface area contributed by atoms with Gasteiger partial charge < -0.3 is 10.2 Å². The van der Waals surface area contributed by atoms with Gasteiger partial charge in [0, 0.05) is 19.5 Å². The number of anilines is 1. The number of para-hydroxylation sites is 1. The summed E-state index contributed by atoms with van der Waals surface area (Å²) in [6.07, 6.45) is 0.268. The fraction of sp³-hybridized carbons (Fsp3) is 0.440. The van der Waals surface area contributed by atoms with E-state index in [9.17, 15) is 9.59 Å². The van der Waals surface area contributed by atoms with Gasteiger partial charge in [-0.05, 0) is 35.4 Å². The molecule has 1 aliphatic rings. The summed E-state index contributed by atoms with van der Waals surface area (Å²) < 4.78 is 0. The second kappa shape index (κ2) is 8.81. The van der Waals surface area contributed by atoms with E-state index in [1.807, 2.05) is 36.1 Å². The number of rotatable bonds is 6. The number of nitrogens with zero attached hydrogens (tertiary/aromatic N) is 1. The molecule has 0 aliphatic carbocycles. The van der Waals surface area contributed by atoms with E-state index in [-0.39, 0.29) is 24.2 Å². The molecule has 154 valence electrons. The van der Waals surface area contributed by atoms with E-state index >= 15 is 0 Å². The van der Waals surface area contributed by atoms with E-state index in [1.165, 1.54) is 16.7 Å². The minimum absolute atomic E-state index is 0.0375. The van der Waals surface area contributed by atoms with Crippen LogP contribution in [0.25, 0.3) is 0 Å². The summed E-state index contributed by atoms with van der Waals surface area (Å²) in [7, 11) is 0. The average molecular weight is 393 g/mol. The molecule has 2 aromatic rings. The van der Waals surface area contributed by atoms with Gasteiger partial charge in [-0.1, -0.05) is 75.7 Å². The molecule has 2 aromatic carbocycles. The molecular weight excluding hydrogens is 360 g/mol. The van der Waals surface area contributed by atoms with Crippen LogP contribution < -0.4 is 10.2 Å². The van der Waals surface area contributed by atoms with Crippen LogP contribution in [0.5, 0.6) is 0 Å². The highest BCUT2D eigenvalue weighted by molar-refractivity contribution is 6.01. The third-order valence-electron chi connectivity index (χ3n) is 5.70. The molecule has 0 radical (unpaired) electrons. The van der Waals surface area contributed by atoms with Gasteiger partial charge in [0.25, 0.3) is 0 Å². The lowest BCUT2D eigenvalue weighted by molar-refractivity contribution is -0.126. The van der Waals surface area contributed by atoms with E-state index in [4.69, 9.17) is 0 Å². The summed E-state index contributed by atoms with van der Waals surface area (Å²) in [5.74, 6) is 0.301. The van der Waals surface area contributed by atoms with Gasteiger partial charge in [-0.2, -0.15) is 0 Å². The Morgan fingerprint density at radius 2 is 1.62 bits per heavy atom. The minimum atomic E-state index is -0.312. The van der Waals surface area contributed by atoms with Crippen LogP contribution in [0.15, 0.2) is 42.5 Å². The molecule has 29 heavy (non-hydrogen) atoms. The van der Waals surface area contributed by atoms with Crippen LogP contribution in [0.2, 0.25) is 0 Å². The molecule has 1 aliphatic heterocycles. The van der Waals surface area contributed by atoms with Crippen LogP contribution in [-0.4, -0.2) is 18.4 Å². The molecule has 4 heteroatoms. The number of amides is 2. The van der Waals surface area contributed by atoms with Crippen molar-refractivity contribution < 1.29 is 9.59 Å². The summed E-state index contributed by atoms with van der Waals surface area (Å²) in [6, 6.07) is 14.4. The SMILES string of the molecule is Cc1ccc(CNC(=O)C2CC(=O)N(c3c(C(C)C)cccc3C(C)C)C2)cc1. The number of hydrogen-bond donors (Lipinski definition) is 1. The molecule has 2 amide bonds. The smallest absolute Gasteiger partial charge is 0.227 e. The molecule has 1 N–H and O–H groups in total. The molecule has 1 heterocycles. The van der Waals surface area contributed by atoms with Gasteiger partial charge in [0.1, 0.15) is 0 Å². The van der Waals surface area contributed by atoms with Crippen LogP contribution >= 0.6 is 0 Å². The first-order chi connectivity index (χ1) is 13.8. The lowest BCUT2D eigenvalue weighted by Gasteiger charge is -2.27. The Labute approximate surface area is 174 Å². The van der Waals surface area contributed by atoms with Crippen molar-refractivity contribution in [3.05, 3.63) is 64.7 Å². The molecule has 0 spiro atoms. The maximum Gasteiger partial charge on any atom is 0.227 e. The molecule has 1 saturated heterocycles. The van der Waals surface area contributed by atoms with Gasteiger partial charge in [0.2, 0.25) is 11.8 Å². The normalized spacial score (nSPS) is 16.7. The second-order valence-corrected chi connectivity index (χ2v) is 8.70. The second-order valence-electron chi connectivity index (χ2n) is 8.70. The Kier molecular flexibility index (Phi) is 6.41. The predicted octanol–water partition coefficient (Wildman–Crippen LogP) is 4.91. The van der Waals surface area contributed by atoms with Crippen LogP contribution in [-0.2, 0) is 16.1 Å². The molecule has 0 bridgehead atoms. The van der Waals surface area contributed by atoms with E-state index in [0.717, 1.165) is 11.3 Å². The first-order valence-electron chi connectivity index (χ1n) is 10.5. The number of hydrogen-bond acceptors (Lipinski definition) is 2. The quantitative estimate of drug-likeness (QED) is 0.759. The molecule has 3 rings (SSSR count). The van der Waals surface area contributed by atoms with Crippen molar-refractivity contribution in [2.45, 2.75) is 59.4 Å². The van der Waals surface area contributed by atoms with Gasteiger partial charge >= 0.3 is 0 Å². The van der Waals surface area contributed by atoms with Crippen molar-refractivity contribution in [2.75, 3.05) is 11.4 Å². The van der Waals surface area contributed by atoms with Crippen molar-refractivity contribution in [2.24, 2.45) is 5.92 Å². The highest BCUT2D eigenvalue weighted by atomic mass is 16.2. The molecule has 0 saturated carbocycles. The Balaban J connectivity index is 1.76. The van der Waals surface area contributed by atoms with Gasteiger partial charge in [-0.15, -0.1) is 0 Å². The molecule has 1 fully saturated rings. The lowest BCUT2D eigenvalue weighted by atomic mass is 9.92. The summed E-state index contributed by atoms with van der Waals surface area (Å²) in [5.41, 5.74) is 5.62. The van der Waals surface area contributed by atoms with E-state index in [2.05, 4.69) is 51.2 Å². The highest BCUT2D eigenvalue weighted by Crippen LogP contribution is 2.38. The first kappa shape index (κ1) is 21.1. The summed E-state index contributed by atoms with van der Waals surface area (Å²) in [4.78, 5) is 27.5. The van der Waals surface area contributed by atoms with Gasteiger partial charge in [0.05, 0.1) is 11.6 Å². The Hall–Kier alpha value is -2.62. The number of aryl methyl sites for hydroxylation is 1. The van der Waals surface area contributed by atoms with Crippen LogP contribution in [0.3, 0.4) is 0 Å². The largest absolute Gasteiger partial charge is 0.352 e. The van der Waals surface area contributed by atoms with Crippen LogP contribution in [0.1, 0.15) is 68.2 Å². The fourth-order valence-corrected chi connectivity index (χ4v) is 3.96. The van der Waals surface area contributed by atoms with Crippen molar-refractivity contribution in [3.63, 3.8) is 0 Å². The minimum Gasteiger partial charge on any atom is -0.352 e. The van der Waals surface area contributed by atoms with E-state index in [0.29, 0.717) is 24.9 Å². The van der Waals surface area contributed by atoms with E-state index in [1.54, 1.807) is 0 Å². The van der Waals surface area contributed by atoms with E-state index < -0.39 is 0 Å². The number of carbonyl (C=O) groups is 2. The van der Waals surface area contributed by atoms with Crippen molar-refractivity contribution in [1.29, 1.82) is 0 Å². The number of carbonyl (C=O) groups excluding carboxylic acids is 2. The van der Waals surface area contributed by atoms with Crippen LogP contribution in [0, 0.1) is 12.8 Å². The summed E-state index contributed by atoms with van der Waals surface area (Å²) in [6.45, 7) is 11.6. The summed E-state index contributed by atoms with van der Waals surface area (Å²) >= 11 is 0. The topological polar surface area (TPSA) is 49.4 Å². The Morgan fingerprint density at radius 1 is 1.03 bits per heavy atom. The lowest BCUT2D eigenvalue weighted by Crippen LogP contribution is -2.33. The van der Waals surface area contributed by atoms with Crippen molar-refractivity contribution in [3.8, 4) is 0 Å². The predicted molar refractivity (Wildman–Crippen MR) is 118 cm³/mol. The monoisotopic (exact) mass is 392 g/mol. The molecule has 4 nitrogen and oxygen atoms in total. The van der Waals surface area contributed by atoms with Crippen LogP contribution in [0.4, 0.5) is 5.69 Å². The summed E-state index contributed by atoms with van der Waals surface area (Å²) in [5, 5.41) is 3.01. The average Bonchev–Trinajstić information content (AvgIpc) is 3.08. The highest BCUT2D eigenvalue weighted by Gasteiger charge is 2.37. The van der Waals surface area contributed by atoms with Crippen molar-refractivity contribution in [1.82, 2.24) is 5.32 Å². The maximum atomic E-state index is 12.9. The zero-order valence-corrected chi connectivity index (χ0v) is 18.2. The Morgan fingerprint density at radius 3 is 2.17 bits per heavy atom. The maximum absolute atomic E-state index is 12.9. The Bertz CT molecular complexity index is 858. The first-order valence-corrected chi connectivity index (χ1v) is 10.5. The molecular formula is C25H32N2O2.